The monoisotopic (exact) mass is 352 g/mol. The third-order valence-corrected chi connectivity index (χ3v) is 4.69. The average Bonchev–Trinajstić information content (AvgIpc) is 3.17. The minimum atomic E-state index is -0.204. The molecule has 0 radical (unpaired) electrons. The highest BCUT2D eigenvalue weighted by molar-refractivity contribution is 6.31. The largest absolute Gasteiger partial charge is 0.451 e. The molecule has 1 amide bonds. The van der Waals surface area contributed by atoms with Crippen molar-refractivity contribution in [3.63, 3.8) is 0 Å². The molecule has 0 spiro atoms. The Labute approximate surface area is 149 Å². The third kappa shape index (κ3) is 2.89. The van der Waals surface area contributed by atoms with Gasteiger partial charge in [-0.3, -0.25) is 4.79 Å². The molecule has 0 saturated heterocycles. The van der Waals surface area contributed by atoms with Gasteiger partial charge in [-0.15, -0.1) is 0 Å². The topological polar surface area (TPSA) is 58.0 Å². The highest BCUT2D eigenvalue weighted by Gasteiger charge is 2.17. The van der Waals surface area contributed by atoms with E-state index in [2.05, 4.69) is 16.4 Å². The Bertz CT molecular complexity index is 1080. The van der Waals surface area contributed by atoms with Crippen LogP contribution in [0.15, 0.2) is 53.1 Å². The molecule has 0 aliphatic heterocycles. The second kappa shape index (κ2) is 6.30. The van der Waals surface area contributed by atoms with Crippen molar-refractivity contribution >= 4 is 39.4 Å². The van der Waals surface area contributed by atoms with E-state index in [0.717, 1.165) is 22.9 Å². The van der Waals surface area contributed by atoms with Crippen molar-refractivity contribution in [2.24, 2.45) is 0 Å². The number of rotatable bonds is 4. The first kappa shape index (κ1) is 15.8. The quantitative estimate of drug-likeness (QED) is 0.551. The van der Waals surface area contributed by atoms with Crippen molar-refractivity contribution in [3.8, 4) is 0 Å². The normalized spacial score (nSPS) is 11.3. The average molecular weight is 353 g/mol. The predicted octanol–water partition coefficient (Wildman–Crippen LogP) is 4.85. The summed E-state index contributed by atoms with van der Waals surface area (Å²) in [6.07, 6.45) is 2.74. The van der Waals surface area contributed by atoms with E-state index in [-0.39, 0.29) is 5.91 Å². The Balaban J connectivity index is 1.48. The van der Waals surface area contributed by atoms with Gasteiger partial charge < -0.3 is 14.7 Å². The van der Waals surface area contributed by atoms with Gasteiger partial charge >= 0.3 is 0 Å². The van der Waals surface area contributed by atoms with Crippen LogP contribution < -0.4 is 5.32 Å². The summed E-state index contributed by atoms with van der Waals surface area (Å²) in [5.74, 6) is 0.140. The number of aromatic amines is 1. The number of amides is 1. The molecule has 4 nitrogen and oxygen atoms in total. The number of carbonyl (C=O) groups is 1. The smallest absolute Gasteiger partial charge is 0.287 e. The van der Waals surface area contributed by atoms with E-state index in [0.29, 0.717) is 22.9 Å². The first-order valence-corrected chi connectivity index (χ1v) is 8.53. The fourth-order valence-electron chi connectivity index (χ4n) is 3.14. The molecule has 2 aromatic carbocycles. The molecule has 2 heterocycles. The SMILES string of the molecule is Cc1c(C(=O)NCCc2c[nH]c3ccccc23)oc2ccc(Cl)cc12. The number of hydrogen-bond donors (Lipinski definition) is 2. The number of benzene rings is 2. The summed E-state index contributed by atoms with van der Waals surface area (Å²) in [6, 6.07) is 13.5. The zero-order valence-corrected chi connectivity index (χ0v) is 14.5. The van der Waals surface area contributed by atoms with Crippen LogP contribution in [0.4, 0.5) is 0 Å². The molecule has 0 aliphatic rings. The van der Waals surface area contributed by atoms with Gasteiger partial charge in [-0.05, 0) is 43.2 Å². The molecule has 25 heavy (non-hydrogen) atoms. The third-order valence-electron chi connectivity index (χ3n) is 4.46. The zero-order chi connectivity index (χ0) is 17.4. The van der Waals surface area contributed by atoms with Crippen molar-refractivity contribution in [1.82, 2.24) is 10.3 Å². The van der Waals surface area contributed by atoms with Gasteiger partial charge in [0.05, 0.1) is 0 Å². The van der Waals surface area contributed by atoms with Crippen LogP contribution in [0, 0.1) is 6.92 Å². The molecule has 2 aromatic heterocycles. The van der Waals surface area contributed by atoms with Crippen LogP contribution in [0.1, 0.15) is 21.7 Å². The van der Waals surface area contributed by atoms with Gasteiger partial charge in [-0.25, -0.2) is 0 Å². The molecule has 4 rings (SSSR count). The number of nitrogens with one attached hydrogen (secondary N) is 2. The highest BCUT2D eigenvalue weighted by Crippen LogP contribution is 2.27. The van der Waals surface area contributed by atoms with Crippen LogP contribution in [-0.2, 0) is 6.42 Å². The Morgan fingerprint density at radius 3 is 2.92 bits per heavy atom. The number of furan rings is 1. The zero-order valence-electron chi connectivity index (χ0n) is 13.7. The van der Waals surface area contributed by atoms with Crippen molar-refractivity contribution in [2.75, 3.05) is 6.54 Å². The van der Waals surface area contributed by atoms with Gasteiger partial charge in [0.25, 0.3) is 5.91 Å². The van der Waals surface area contributed by atoms with Gasteiger partial charge in [0.2, 0.25) is 0 Å². The van der Waals surface area contributed by atoms with Crippen LogP contribution in [-0.4, -0.2) is 17.4 Å². The lowest BCUT2D eigenvalue weighted by atomic mass is 10.1. The second-order valence-electron chi connectivity index (χ2n) is 6.06. The fraction of sp³-hybridized carbons (Fsp3) is 0.150. The first-order valence-electron chi connectivity index (χ1n) is 8.15. The summed E-state index contributed by atoms with van der Waals surface area (Å²) in [5.41, 5.74) is 3.77. The highest BCUT2D eigenvalue weighted by atomic mass is 35.5. The number of para-hydroxylation sites is 1. The maximum Gasteiger partial charge on any atom is 0.287 e. The van der Waals surface area contributed by atoms with E-state index < -0.39 is 0 Å². The second-order valence-corrected chi connectivity index (χ2v) is 6.50. The number of carbonyl (C=O) groups excluding carboxylic acids is 1. The van der Waals surface area contributed by atoms with E-state index in [1.807, 2.05) is 37.4 Å². The molecule has 5 heteroatoms. The molecule has 0 saturated carbocycles. The maximum absolute atomic E-state index is 12.5. The fourth-order valence-corrected chi connectivity index (χ4v) is 3.31. The molecule has 126 valence electrons. The number of fused-ring (bicyclic) bond motifs is 2. The lowest BCUT2D eigenvalue weighted by Crippen LogP contribution is -2.25. The standard InChI is InChI=1S/C20H17ClN2O2/c1-12-16-10-14(21)6-7-18(16)25-19(12)20(24)22-9-8-13-11-23-17-5-3-2-4-15(13)17/h2-7,10-11,23H,8-9H2,1H3,(H,22,24). The minimum Gasteiger partial charge on any atom is -0.451 e. The molecule has 0 aliphatic carbocycles. The Kier molecular flexibility index (Phi) is 3.98. The number of aryl methyl sites for hydroxylation is 1. The molecule has 4 aromatic rings. The van der Waals surface area contributed by atoms with Crippen LogP contribution in [0.25, 0.3) is 21.9 Å². The molecular weight excluding hydrogens is 336 g/mol. The number of hydrogen-bond acceptors (Lipinski definition) is 2. The number of aromatic nitrogens is 1. The Morgan fingerprint density at radius 1 is 1.20 bits per heavy atom. The number of halogens is 1. The summed E-state index contributed by atoms with van der Waals surface area (Å²) < 4.78 is 5.70. The summed E-state index contributed by atoms with van der Waals surface area (Å²) in [6.45, 7) is 2.41. The molecule has 2 N–H and O–H groups in total. The Morgan fingerprint density at radius 2 is 2.04 bits per heavy atom. The molecule has 0 fully saturated rings. The molecule has 0 bridgehead atoms. The summed E-state index contributed by atoms with van der Waals surface area (Å²) in [5, 5.41) is 5.62. The molecular formula is C20H17ClN2O2. The van der Waals surface area contributed by atoms with Crippen molar-refractivity contribution < 1.29 is 9.21 Å². The van der Waals surface area contributed by atoms with E-state index in [9.17, 15) is 4.79 Å². The van der Waals surface area contributed by atoms with Crippen LogP contribution >= 0.6 is 11.6 Å². The van der Waals surface area contributed by atoms with Crippen LogP contribution in [0.3, 0.4) is 0 Å². The van der Waals surface area contributed by atoms with Crippen molar-refractivity contribution in [3.05, 3.63) is 70.6 Å². The van der Waals surface area contributed by atoms with Gasteiger partial charge in [0.1, 0.15) is 5.58 Å². The number of H-pyrrole nitrogens is 1. The summed E-state index contributed by atoms with van der Waals surface area (Å²) >= 11 is 6.02. The summed E-state index contributed by atoms with van der Waals surface area (Å²) in [7, 11) is 0. The van der Waals surface area contributed by atoms with E-state index >= 15 is 0 Å². The van der Waals surface area contributed by atoms with Gasteiger partial charge in [0, 0.05) is 39.6 Å². The van der Waals surface area contributed by atoms with Crippen LogP contribution in [0.2, 0.25) is 5.02 Å². The molecule has 0 unspecified atom stereocenters. The van der Waals surface area contributed by atoms with Gasteiger partial charge in [-0.2, -0.15) is 0 Å². The van der Waals surface area contributed by atoms with E-state index in [1.165, 1.54) is 10.9 Å². The lowest BCUT2D eigenvalue weighted by Gasteiger charge is -2.03. The first-order chi connectivity index (χ1) is 12.1. The van der Waals surface area contributed by atoms with Crippen molar-refractivity contribution in [2.45, 2.75) is 13.3 Å². The summed E-state index contributed by atoms with van der Waals surface area (Å²) in [4.78, 5) is 15.7. The van der Waals surface area contributed by atoms with Gasteiger partial charge in [0.15, 0.2) is 5.76 Å². The van der Waals surface area contributed by atoms with Crippen LogP contribution in [0.5, 0.6) is 0 Å². The molecule has 0 atom stereocenters. The van der Waals surface area contributed by atoms with E-state index in [4.69, 9.17) is 16.0 Å². The lowest BCUT2D eigenvalue weighted by molar-refractivity contribution is 0.0928. The Hall–Kier alpha value is -2.72. The predicted molar refractivity (Wildman–Crippen MR) is 100 cm³/mol. The minimum absolute atomic E-state index is 0.204. The van der Waals surface area contributed by atoms with E-state index in [1.54, 1.807) is 12.1 Å². The van der Waals surface area contributed by atoms with Crippen molar-refractivity contribution in [1.29, 1.82) is 0 Å². The van der Waals surface area contributed by atoms with Gasteiger partial charge in [-0.1, -0.05) is 29.8 Å². The maximum atomic E-state index is 12.5.